The molecule has 1 saturated carbocycles. The minimum absolute atomic E-state index is 0.118. The minimum Gasteiger partial charge on any atom is -0.322 e. The maximum Gasteiger partial charge on any atom is 0.238 e. The maximum atomic E-state index is 11.8. The molecule has 1 N–H and O–H groups in total. The number of hydrogen-bond acceptors (Lipinski definition) is 3. The van der Waals surface area contributed by atoms with Crippen molar-refractivity contribution >= 4 is 17.2 Å². The summed E-state index contributed by atoms with van der Waals surface area (Å²) in [6.45, 7) is 1.40. The molecule has 4 heteroatoms. The average Bonchev–Trinajstić information content (AvgIpc) is 2.85. The van der Waals surface area contributed by atoms with Crippen LogP contribution < -0.4 is 5.32 Å². The number of nitrogens with one attached hydrogen (secondary N) is 1. The molecule has 17 heavy (non-hydrogen) atoms. The van der Waals surface area contributed by atoms with Crippen LogP contribution in [-0.4, -0.2) is 23.9 Å². The fraction of sp³-hybridized carbons (Fsp3) is 0.615. The lowest BCUT2D eigenvalue weighted by Gasteiger charge is -2.23. The Hall–Kier alpha value is -0.870. The van der Waals surface area contributed by atoms with Crippen LogP contribution in [0.3, 0.4) is 0 Å². The molecule has 0 radical (unpaired) electrons. The van der Waals surface area contributed by atoms with Gasteiger partial charge in [-0.2, -0.15) is 11.3 Å². The predicted molar refractivity (Wildman–Crippen MR) is 68.7 cm³/mol. The standard InChI is InChI=1S/C13H18N2OS/c16-12-8-14-13(11-5-7-17-9-11)15(12)6-1-2-10-3-4-10/h5,7,9-10,13-14H,1-4,6,8H2. The van der Waals surface area contributed by atoms with Gasteiger partial charge in [0.25, 0.3) is 0 Å². The number of carbonyl (C=O) groups is 1. The second-order valence-electron chi connectivity index (χ2n) is 5.01. The Labute approximate surface area is 106 Å². The average molecular weight is 250 g/mol. The summed E-state index contributed by atoms with van der Waals surface area (Å²) in [4.78, 5) is 13.8. The molecular formula is C13H18N2OS. The summed E-state index contributed by atoms with van der Waals surface area (Å²) >= 11 is 1.69. The van der Waals surface area contributed by atoms with E-state index in [2.05, 4.69) is 22.1 Å². The highest BCUT2D eigenvalue weighted by Crippen LogP contribution is 2.34. The maximum absolute atomic E-state index is 11.8. The van der Waals surface area contributed by atoms with Gasteiger partial charge in [-0.3, -0.25) is 10.1 Å². The van der Waals surface area contributed by atoms with Crippen molar-refractivity contribution in [2.75, 3.05) is 13.1 Å². The van der Waals surface area contributed by atoms with Crippen LogP contribution >= 0.6 is 11.3 Å². The van der Waals surface area contributed by atoms with Crippen LogP contribution in [0.5, 0.6) is 0 Å². The van der Waals surface area contributed by atoms with Gasteiger partial charge in [0.1, 0.15) is 6.17 Å². The van der Waals surface area contributed by atoms with Gasteiger partial charge in [-0.15, -0.1) is 0 Å². The quantitative estimate of drug-likeness (QED) is 0.870. The van der Waals surface area contributed by atoms with Crippen LogP contribution in [0.15, 0.2) is 16.8 Å². The van der Waals surface area contributed by atoms with E-state index in [1.54, 1.807) is 11.3 Å². The monoisotopic (exact) mass is 250 g/mol. The molecule has 2 fully saturated rings. The number of thiophene rings is 1. The van der Waals surface area contributed by atoms with Gasteiger partial charge in [0.15, 0.2) is 0 Å². The van der Waals surface area contributed by atoms with Crippen molar-refractivity contribution in [1.29, 1.82) is 0 Å². The van der Waals surface area contributed by atoms with E-state index in [0.29, 0.717) is 6.54 Å². The van der Waals surface area contributed by atoms with E-state index in [-0.39, 0.29) is 12.1 Å². The highest BCUT2D eigenvalue weighted by molar-refractivity contribution is 7.07. The van der Waals surface area contributed by atoms with Gasteiger partial charge in [-0.05, 0) is 41.1 Å². The van der Waals surface area contributed by atoms with Crippen LogP contribution in [0.25, 0.3) is 0 Å². The lowest BCUT2D eigenvalue weighted by Crippen LogP contribution is -2.31. The Kier molecular flexibility index (Phi) is 3.16. The summed E-state index contributed by atoms with van der Waals surface area (Å²) in [5.74, 6) is 1.21. The van der Waals surface area contributed by atoms with Crippen molar-refractivity contribution in [2.24, 2.45) is 5.92 Å². The second kappa shape index (κ2) is 4.78. The van der Waals surface area contributed by atoms with E-state index in [4.69, 9.17) is 0 Å². The lowest BCUT2D eigenvalue weighted by molar-refractivity contribution is -0.128. The molecule has 3 nitrogen and oxygen atoms in total. The van der Waals surface area contributed by atoms with Gasteiger partial charge < -0.3 is 4.90 Å². The number of carbonyl (C=O) groups excluding carboxylic acids is 1. The summed E-state index contributed by atoms with van der Waals surface area (Å²) in [6, 6.07) is 2.11. The zero-order valence-electron chi connectivity index (χ0n) is 9.89. The van der Waals surface area contributed by atoms with Gasteiger partial charge in [-0.25, -0.2) is 0 Å². The molecule has 1 aliphatic carbocycles. The first kappa shape index (κ1) is 11.2. The van der Waals surface area contributed by atoms with Gasteiger partial charge in [0, 0.05) is 6.54 Å². The smallest absolute Gasteiger partial charge is 0.238 e. The molecule has 1 aliphatic heterocycles. The van der Waals surface area contributed by atoms with E-state index in [9.17, 15) is 4.79 Å². The molecule has 0 spiro atoms. The Balaban J connectivity index is 1.60. The highest BCUT2D eigenvalue weighted by atomic mass is 32.1. The highest BCUT2D eigenvalue weighted by Gasteiger charge is 2.31. The molecule has 1 aromatic rings. The first-order valence-electron chi connectivity index (χ1n) is 6.39. The third-order valence-corrected chi connectivity index (χ3v) is 4.35. The van der Waals surface area contributed by atoms with Crippen LogP contribution in [0.4, 0.5) is 0 Å². The van der Waals surface area contributed by atoms with Crippen molar-refractivity contribution in [1.82, 2.24) is 10.2 Å². The first-order valence-corrected chi connectivity index (χ1v) is 7.34. The molecule has 92 valence electrons. The summed E-state index contributed by atoms with van der Waals surface area (Å²) < 4.78 is 0. The van der Waals surface area contributed by atoms with Crippen molar-refractivity contribution in [3.05, 3.63) is 22.4 Å². The van der Waals surface area contributed by atoms with Crippen LogP contribution in [-0.2, 0) is 4.79 Å². The van der Waals surface area contributed by atoms with Gasteiger partial charge >= 0.3 is 0 Å². The van der Waals surface area contributed by atoms with Crippen LogP contribution in [0, 0.1) is 5.92 Å². The van der Waals surface area contributed by atoms with Crippen LogP contribution in [0.1, 0.15) is 37.4 Å². The summed E-state index contributed by atoms with van der Waals surface area (Å²) in [5.41, 5.74) is 1.23. The minimum atomic E-state index is 0.118. The molecule has 0 bridgehead atoms. The third kappa shape index (κ3) is 2.53. The molecular weight excluding hydrogens is 232 g/mol. The van der Waals surface area contributed by atoms with Crippen molar-refractivity contribution in [2.45, 2.75) is 31.8 Å². The van der Waals surface area contributed by atoms with Crippen LogP contribution in [0.2, 0.25) is 0 Å². The largest absolute Gasteiger partial charge is 0.322 e. The molecule has 2 heterocycles. The molecule has 1 unspecified atom stereocenters. The summed E-state index contributed by atoms with van der Waals surface area (Å²) in [6.07, 6.45) is 5.37. The molecule has 1 amide bonds. The third-order valence-electron chi connectivity index (χ3n) is 3.65. The van der Waals surface area contributed by atoms with E-state index >= 15 is 0 Å². The normalized spacial score (nSPS) is 24.6. The summed E-state index contributed by atoms with van der Waals surface area (Å²) in [7, 11) is 0. The van der Waals surface area contributed by atoms with E-state index in [0.717, 1.165) is 18.9 Å². The first-order chi connectivity index (χ1) is 8.34. The Bertz CT molecular complexity index is 386. The number of hydrogen-bond donors (Lipinski definition) is 1. The predicted octanol–water partition coefficient (Wildman–Crippen LogP) is 2.37. The SMILES string of the molecule is O=C1CNC(c2ccsc2)N1CCCC1CC1. The van der Waals surface area contributed by atoms with Gasteiger partial charge in [-0.1, -0.05) is 12.8 Å². The zero-order chi connectivity index (χ0) is 11.7. The number of nitrogens with zero attached hydrogens (tertiary/aromatic N) is 1. The van der Waals surface area contributed by atoms with E-state index in [1.807, 2.05) is 4.90 Å². The van der Waals surface area contributed by atoms with E-state index in [1.165, 1.54) is 24.8 Å². The fourth-order valence-electron chi connectivity index (χ4n) is 2.48. The Morgan fingerprint density at radius 2 is 2.35 bits per heavy atom. The molecule has 0 aromatic carbocycles. The number of amides is 1. The zero-order valence-corrected chi connectivity index (χ0v) is 10.7. The topological polar surface area (TPSA) is 32.3 Å². The van der Waals surface area contributed by atoms with Gasteiger partial charge in [0.2, 0.25) is 5.91 Å². The molecule has 1 atom stereocenters. The van der Waals surface area contributed by atoms with Crippen molar-refractivity contribution < 1.29 is 4.79 Å². The van der Waals surface area contributed by atoms with Gasteiger partial charge in [0.05, 0.1) is 6.54 Å². The second-order valence-corrected chi connectivity index (χ2v) is 5.79. The fourth-order valence-corrected chi connectivity index (χ4v) is 3.16. The molecule has 1 aromatic heterocycles. The molecule has 2 aliphatic rings. The number of rotatable bonds is 5. The van der Waals surface area contributed by atoms with E-state index < -0.39 is 0 Å². The Morgan fingerprint density at radius 3 is 3.06 bits per heavy atom. The Morgan fingerprint density at radius 1 is 1.47 bits per heavy atom. The van der Waals surface area contributed by atoms with Crippen molar-refractivity contribution in [3.8, 4) is 0 Å². The summed E-state index contributed by atoms with van der Waals surface area (Å²) in [5, 5.41) is 7.50. The lowest BCUT2D eigenvalue weighted by atomic mass is 10.2. The van der Waals surface area contributed by atoms with Crippen molar-refractivity contribution in [3.63, 3.8) is 0 Å². The molecule has 3 rings (SSSR count). The molecule has 1 saturated heterocycles.